The van der Waals surface area contributed by atoms with Crippen LogP contribution in [0.5, 0.6) is 0 Å². The smallest absolute Gasteiger partial charge is 0.317 e. The van der Waals surface area contributed by atoms with Crippen molar-refractivity contribution in [2.24, 2.45) is 5.92 Å². The maximum Gasteiger partial charge on any atom is 0.317 e. The molecule has 0 spiro atoms. The first-order valence-electron chi connectivity index (χ1n) is 6.99. The van der Waals surface area contributed by atoms with Crippen LogP contribution in [0.15, 0.2) is 24.3 Å². The number of carbonyl (C=O) groups excluding carboxylic acids is 1. The lowest BCUT2D eigenvalue weighted by atomic mass is 9.92. The van der Waals surface area contributed by atoms with Crippen LogP contribution >= 0.6 is 11.6 Å². The number of urea groups is 1. The summed E-state index contributed by atoms with van der Waals surface area (Å²) in [6.07, 6.45) is 1.01. The van der Waals surface area contributed by atoms with Crippen LogP contribution in [-0.2, 0) is 11.3 Å². The fraction of sp³-hybridized carbons (Fsp3) is 0.467. The van der Waals surface area contributed by atoms with Gasteiger partial charge in [0.25, 0.3) is 0 Å². The summed E-state index contributed by atoms with van der Waals surface area (Å²) in [6.45, 7) is 2.79. The standard InChI is InChI=1S/C15H19ClN2O3/c1-10-8-12(14(19)20)6-7-18(10)15(21)17-9-11-2-4-13(16)5-3-11/h2-5,10,12H,6-9H2,1H3,(H,17,21)(H,19,20). The lowest BCUT2D eigenvalue weighted by Crippen LogP contribution is -2.49. The van der Waals surface area contributed by atoms with Gasteiger partial charge in [-0.15, -0.1) is 0 Å². The Morgan fingerprint density at radius 2 is 2.05 bits per heavy atom. The number of carboxylic acids is 1. The quantitative estimate of drug-likeness (QED) is 0.902. The molecule has 0 aromatic heterocycles. The molecule has 2 atom stereocenters. The number of carboxylic acid groups (broad SMARTS) is 1. The number of nitrogens with one attached hydrogen (secondary N) is 1. The van der Waals surface area contributed by atoms with E-state index in [9.17, 15) is 9.59 Å². The molecular formula is C15H19ClN2O3. The van der Waals surface area contributed by atoms with Crippen LogP contribution in [0.3, 0.4) is 0 Å². The SMILES string of the molecule is CC1CC(C(=O)O)CCN1C(=O)NCc1ccc(Cl)cc1. The minimum Gasteiger partial charge on any atom is -0.481 e. The molecule has 2 N–H and O–H groups in total. The zero-order valence-electron chi connectivity index (χ0n) is 11.9. The number of benzene rings is 1. The maximum absolute atomic E-state index is 12.2. The number of halogens is 1. The van der Waals surface area contributed by atoms with Crippen LogP contribution < -0.4 is 5.32 Å². The highest BCUT2D eigenvalue weighted by Gasteiger charge is 2.31. The van der Waals surface area contributed by atoms with E-state index in [1.807, 2.05) is 19.1 Å². The number of nitrogens with zero attached hydrogens (tertiary/aromatic N) is 1. The lowest BCUT2D eigenvalue weighted by molar-refractivity contribution is -0.143. The molecule has 6 heteroatoms. The zero-order chi connectivity index (χ0) is 15.4. The van der Waals surface area contributed by atoms with Crippen LogP contribution in [0.1, 0.15) is 25.3 Å². The largest absolute Gasteiger partial charge is 0.481 e. The predicted octanol–water partition coefficient (Wildman–Crippen LogP) is 2.73. The fourth-order valence-corrected chi connectivity index (χ4v) is 2.71. The van der Waals surface area contributed by atoms with E-state index in [1.54, 1.807) is 17.0 Å². The highest BCUT2D eigenvalue weighted by atomic mass is 35.5. The van der Waals surface area contributed by atoms with Gasteiger partial charge in [-0.1, -0.05) is 23.7 Å². The van der Waals surface area contributed by atoms with Gasteiger partial charge < -0.3 is 15.3 Å². The monoisotopic (exact) mass is 310 g/mol. The number of amides is 2. The number of hydrogen-bond acceptors (Lipinski definition) is 2. The summed E-state index contributed by atoms with van der Waals surface area (Å²) in [5.74, 6) is -1.12. The first kappa shape index (κ1) is 15.6. The maximum atomic E-state index is 12.2. The number of hydrogen-bond donors (Lipinski definition) is 2. The normalized spacial score (nSPS) is 21.9. The molecule has 1 saturated heterocycles. The van der Waals surface area contributed by atoms with Crippen LogP contribution in [-0.4, -0.2) is 34.6 Å². The van der Waals surface area contributed by atoms with Gasteiger partial charge in [-0.2, -0.15) is 0 Å². The van der Waals surface area contributed by atoms with Crippen LogP contribution in [0.2, 0.25) is 5.02 Å². The van der Waals surface area contributed by atoms with Gasteiger partial charge in [0.1, 0.15) is 0 Å². The molecule has 0 radical (unpaired) electrons. The Bertz CT molecular complexity index is 518. The molecule has 21 heavy (non-hydrogen) atoms. The van der Waals surface area contributed by atoms with Gasteiger partial charge >= 0.3 is 12.0 Å². The summed E-state index contributed by atoms with van der Waals surface area (Å²) in [6, 6.07) is 7.07. The summed E-state index contributed by atoms with van der Waals surface area (Å²) in [7, 11) is 0. The van der Waals surface area contributed by atoms with Gasteiger partial charge in [0, 0.05) is 24.2 Å². The van der Waals surface area contributed by atoms with Crippen molar-refractivity contribution < 1.29 is 14.7 Å². The molecule has 1 fully saturated rings. The van der Waals surface area contributed by atoms with Gasteiger partial charge in [0.15, 0.2) is 0 Å². The van der Waals surface area contributed by atoms with E-state index < -0.39 is 5.97 Å². The van der Waals surface area contributed by atoms with Gasteiger partial charge in [0.2, 0.25) is 0 Å². The van der Waals surface area contributed by atoms with Crippen molar-refractivity contribution in [3.63, 3.8) is 0 Å². The Balaban J connectivity index is 1.86. The minimum atomic E-state index is -0.775. The molecule has 1 aliphatic heterocycles. The zero-order valence-corrected chi connectivity index (χ0v) is 12.6. The van der Waals surface area contributed by atoms with Crippen LogP contribution in [0.4, 0.5) is 4.79 Å². The van der Waals surface area contributed by atoms with E-state index >= 15 is 0 Å². The molecule has 1 heterocycles. The van der Waals surface area contributed by atoms with E-state index in [4.69, 9.17) is 16.7 Å². The fourth-order valence-electron chi connectivity index (χ4n) is 2.58. The number of carbonyl (C=O) groups is 2. The van der Waals surface area contributed by atoms with E-state index in [-0.39, 0.29) is 18.0 Å². The third-order valence-corrected chi connectivity index (χ3v) is 4.10. The molecule has 5 nitrogen and oxygen atoms in total. The molecule has 2 unspecified atom stereocenters. The predicted molar refractivity (Wildman–Crippen MR) is 80.2 cm³/mol. The Labute approximate surface area is 128 Å². The molecule has 114 valence electrons. The molecule has 1 aliphatic rings. The number of rotatable bonds is 3. The van der Waals surface area contributed by atoms with Crippen molar-refractivity contribution in [1.29, 1.82) is 0 Å². The van der Waals surface area contributed by atoms with Crippen molar-refractivity contribution in [1.82, 2.24) is 10.2 Å². The van der Waals surface area contributed by atoms with E-state index in [2.05, 4.69) is 5.32 Å². The lowest BCUT2D eigenvalue weighted by Gasteiger charge is -2.36. The summed E-state index contributed by atoms with van der Waals surface area (Å²) in [5, 5.41) is 12.5. The second-order valence-corrected chi connectivity index (χ2v) is 5.82. The molecule has 2 amide bonds. The van der Waals surface area contributed by atoms with Gasteiger partial charge in [-0.25, -0.2) is 4.79 Å². The third-order valence-electron chi connectivity index (χ3n) is 3.84. The van der Waals surface area contributed by atoms with Crippen LogP contribution in [0, 0.1) is 5.92 Å². The van der Waals surface area contributed by atoms with Crippen LogP contribution in [0.25, 0.3) is 0 Å². The number of likely N-dealkylation sites (tertiary alicyclic amines) is 1. The summed E-state index contributed by atoms with van der Waals surface area (Å²) < 4.78 is 0. The first-order chi connectivity index (χ1) is 9.97. The van der Waals surface area contributed by atoms with Crippen molar-refractivity contribution in [2.45, 2.75) is 32.4 Å². The average molecular weight is 311 g/mol. The van der Waals surface area contributed by atoms with E-state index in [1.165, 1.54) is 0 Å². The second-order valence-electron chi connectivity index (χ2n) is 5.39. The van der Waals surface area contributed by atoms with Crippen molar-refractivity contribution in [2.75, 3.05) is 6.54 Å². The molecule has 0 saturated carbocycles. The highest BCUT2D eigenvalue weighted by Crippen LogP contribution is 2.23. The highest BCUT2D eigenvalue weighted by molar-refractivity contribution is 6.30. The molecule has 1 aromatic rings. The number of aliphatic carboxylic acids is 1. The van der Waals surface area contributed by atoms with Crippen molar-refractivity contribution in [3.05, 3.63) is 34.9 Å². The molecule has 0 aliphatic carbocycles. The Hall–Kier alpha value is -1.75. The third kappa shape index (κ3) is 4.11. The van der Waals surface area contributed by atoms with E-state index in [0.29, 0.717) is 31.0 Å². The van der Waals surface area contributed by atoms with Crippen molar-refractivity contribution in [3.8, 4) is 0 Å². The second kappa shape index (κ2) is 6.80. The van der Waals surface area contributed by atoms with E-state index in [0.717, 1.165) is 5.56 Å². The summed E-state index contributed by atoms with van der Waals surface area (Å²) in [4.78, 5) is 24.9. The Kier molecular flexibility index (Phi) is 5.07. The molecule has 2 rings (SSSR count). The first-order valence-corrected chi connectivity index (χ1v) is 7.37. The van der Waals surface area contributed by atoms with Gasteiger partial charge in [-0.05, 0) is 37.5 Å². The molecule has 1 aromatic carbocycles. The molecule has 0 bridgehead atoms. The van der Waals surface area contributed by atoms with Gasteiger partial charge in [-0.3, -0.25) is 4.79 Å². The topological polar surface area (TPSA) is 69.6 Å². The number of piperidine rings is 1. The minimum absolute atomic E-state index is 0.0648. The Morgan fingerprint density at radius 3 is 2.62 bits per heavy atom. The molecular weight excluding hydrogens is 292 g/mol. The average Bonchev–Trinajstić information content (AvgIpc) is 2.46. The van der Waals surface area contributed by atoms with Gasteiger partial charge in [0.05, 0.1) is 5.92 Å². The summed E-state index contributed by atoms with van der Waals surface area (Å²) in [5.41, 5.74) is 0.973. The Morgan fingerprint density at radius 1 is 1.38 bits per heavy atom. The van der Waals surface area contributed by atoms with Crippen molar-refractivity contribution >= 4 is 23.6 Å². The summed E-state index contributed by atoms with van der Waals surface area (Å²) >= 11 is 5.81.